The second-order valence-electron chi connectivity index (χ2n) is 19.9. The summed E-state index contributed by atoms with van der Waals surface area (Å²) in [6.07, 6.45) is 11.6. The van der Waals surface area contributed by atoms with Crippen molar-refractivity contribution in [1.82, 2.24) is 19.2 Å². The van der Waals surface area contributed by atoms with Crippen molar-refractivity contribution in [2.45, 2.75) is 91.3 Å². The number of methoxy groups -OCH3 is 5. The van der Waals surface area contributed by atoms with Gasteiger partial charge in [-0.15, -0.1) is 0 Å². The molecule has 14 nitrogen and oxygen atoms in total. The molecule has 4 aliphatic rings. The summed E-state index contributed by atoms with van der Waals surface area (Å²) in [4.78, 5) is 5.25. The normalized spacial score (nSPS) is 16.5. The molecule has 2 aromatic carbocycles. The first-order valence-corrected chi connectivity index (χ1v) is 26.1. The molecule has 4 fully saturated rings. The molecule has 14 heteroatoms. The van der Waals surface area contributed by atoms with E-state index in [4.69, 9.17) is 43.4 Å². The van der Waals surface area contributed by atoms with Crippen LogP contribution in [0.25, 0.3) is 33.5 Å². The van der Waals surface area contributed by atoms with Gasteiger partial charge in [0.1, 0.15) is 23.0 Å². The summed E-state index contributed by atoms with van der Waals surface area (Å²) >= 11 is 0. The van der Waals surface area contributed by atoms with Crippen LogP contribution in [0.15, 0.2) is 60.7 Å². The van der Waals surface area contributed by atoms with Gasteiger partial charge < -0.3 is 48.1 Å². The van der Waals surface area contributed by atoms with Crippen molar-refractivity contribution in [2.24, 2.45) is 23.7 Å². The van der Waals surface area contributed by atoms with E-state index in [1.807, 2.05) is 24.3 Å². The highest BCUT2D eigenvalue weighted by Gasteiger charge is 2.32. The summed E-state index contributed by atoms with van der Waals surface area (Å²) < 4.78 is 44.0. The van der Waals surface area contributed by atoms with Crippen LogP contribution in [0.5, 0.6) is 23.0 Å². The molecule has 6 aromatic rings. The lowest BCUT2D eigenvalue weighted by atomic mass is 9.99. The van der Waals surface area contributed by atoms with Crippen LogP contribution >= 0.6 is 0 Å². The molecule has 2 saturated carbocycles. The number of pyridine rings is 2. The molecule has 382 valence electrons. The second-order valence-corrected chi connectivity index (χ2v) is 19.9. The Balaban J connectivity index is 0.000000176. The Hall–Kier alpha value is -5.54. The van der Waals surface area contributed by atoms with Gasteiger partial charge in [-0.3, -0.25) is 0 Å². The van der Waals surface area contributed by atoms with Crippen LogP contribution in [0.2, 0.25) is 0 Å². The van der Waals surface area contributed by atoms with Crippen molar-refractivity contribution < 1.29 is 38.3 Å². The van der Waals surface area contributed by atoms with Crippen molar-refractivity contribution >= 4 is 22.4 Å². The molecule has 10 rings (SSSR count). The molecule has 71 heavy (non-hydrogen) atoms. The van der Waals surface area contributed by atoms with Gasteiger partial charge >= 0.3 is 0 Å². The number of aliphatic hydroxyl groups excluding tert-OH is 1. The van der Waals surface area contributed by atoms with E-state index < -0.39 is 0 Å². The van der Waals surface area contributed by atoms with Crippen LogP contribution in [0.4, 0.5) is 11.4 Å². The Morgan fingerprint density at radius 3 is 1.23 bits per heavy atom. The first-order chi connectivity index (χ1) is 34.8. The lowest BCUT2D eigenvalue weighted by Gasteiger charge is -2.31. The summed E-state index contributed by atoms with van der Waals surface area (Å²) in [5, 5.41) is 20.0. The Labute approximate surface area is 420 Å². The Kier molecular flexibility index (Phi) is 16.6. The van der Waals surface area contributed by atoms with Gasteiger partial charge in [-0.25, -0.2) is 9.03 Å². The molecule has 1 N–H and O–H groups in total. The third kappa shape index (κ3) is 11.3. The number of hydrogen-bond acceptors (Lipinski definition) is 12. The number of nitrogens with zero attached hydrogens (tertiary/aromatic N) is 6. The van der Waals surface area contributed by atoms with Crippen molar-refractivity contribution in [3.05, 3.63) is 83.2 Å². The minimum atomic E-state index is -0.0779. The predicted octanol–water partition coefficient (Wildman–Crippen LogP) is 10.1. The van der Waals surface area contributed by atoms with Gasteiger partial charge in [-0.2, -0.15) is 10.2 Å². The first kappa shape index (κ1) is 50.4. The third-order valence-corrected chi connectivity index (χ3v) is 14.8. The average molecular weight is 973 g/mol. The molecule has 2 saturated heterocycles. The van der Waals surface area contributed by atoms with Gasteiger partial charge in [0, 0.05) is 59.7 Å². The van der Waals surface area contributed by atoms with Gasteiger partial charge in [0.15, 0.2) is 0 Å². The minimum absolute atomic E-state index is 0.0779. The summed E-state index contributed by atoms with van der Waals surface area (Å²) in [6, 6.07) is 20.5. The van der Waals surface area contributed by atoms with Crippen LogP contribution in [0, 0.1) is 23.7 Å². The molecular weight excluding hydrogens is 897 g/mol. The molecule has 4 aromatic heterocycles. The van der Waals surface area contributed by atoms with Crippen LogP contribution < -0.4 is 28.7 Å². The van der Waals surface area contributed by atoms with E-state index in [0.29, 0.717) is 29.9 Å². The topological polar surface area (TPSA) is 126 Å². The highest BCUT2D eigenvalue weighted by atomic mass is 16.5. The number of anilines is 2. The lowest BCUT2D eigenvalue weighted by molar-refractivity contribution is 0.0680. The van der Waals surface area contributed by atoms with Crippen LogP contribution in [0.3, 0.4) is 0 Å². The van der Waals surface area contributed by atoms with E-state index in [1.165, 1.54) is 37.1 Å². The number of rotatable bonds is 21. The van der Waals surface area contributed by atoms with Gasteiger partial charge in [-0.05, 0) is 148 Å². The number of aromatic nitrogens is 4. The van der Waals surface area contributed by atoms with Crippen molar-refractivity contribution in [2.75, 3.05) is 98.0 Å². The smallest absolute Gasteiger partial charge is 0.132 e. The maximum Gasteiger partial charge on any atom is 0.132 e. The largest absolute Gasteiger partial charge is 0.496 e. The Morgan fingerprint density at radius 2 is 0.901 bits per heavy atom. The number of fused-ring (bicyclic) bond motifs is 2. The van der Waals surface area contributed by atoms with Crippen LogP contribution in [0.1, 0.15) is 87.7 Å². The molecule has 6 heterocycles. The highest BCUT2D eigenvalue weighted by molar-refractivity contribution is 5.84. The van der Waals surface area contributed by atoms with E-state index in [1.54, 1.807) is 35.5 Å². The van der Waals surface area contributed by atoms with E-state index >= 15 is 0 Å². The SMILES string of the molecule is CCc1nn2c(-c3c(OC)cc(CO)cc3OC)cccc2c1N(CC1CCOCC1)CC1CC1.CCc1nn2c(-c3c(OC)cc(COC)cc3OC)cccc2c1N(CC1CCOCC1)CC1CC1. The van der Waals surface area contributed by atoms with Crippen molar-refractivity contribution in [3.8, 4) is 45.5 Å². The molecule has 0 spiro atoms. The lowest BCUT2D eigenvalue weighted by Crippen LogP contribution is -2.34. The molecule has 0 unspecified atom stereocenters. The van der Waals surface area contributed by atoms with E-state index in [0.717, 1.165) is 171 Å². The zero-order valence-corrected chi connectivity index (χ0v) is 43.2. The zero-order valence-electron chi connectivity index (χ0n) is 43.2. The molecular formula is C57H76N6O8. The standard InChI is InChI=1S/C29H39N3O4.C28H37N3O4/c1-5-23-29(31(17-20-9-10-20)18-21-11-13-36-14-12-21)25-8-6-7-24(32(25)30-23)28-26(34-3)15-22(19-33-2)16-27(28)35-4;1-4-22-28(30(16-19-8-9-19)17-20-10-12-35-13-11-20)24-7-5-6-23(31(24)29-22)27-25(33-2)14-21(18-32)15-26(27)34-3/h6-8,15-16,20-21H,5,9-14,17-19H2,1-4H3;5-7,14-15,19-20,32H,4,8-13,16-18H2,1-3H3. The summed E-state index contributed by atoms with van der Waals surface area (Å²) in [6.45, 7) is 12.6. The third-order valence-electron chi connectivity index (χ3n) is 14.8. The number of ether oxygens (including phenoxy) is 7. The first-order valence-electron chi connectivity index (χ1n) is 26.1. The Bertz CT molecular complexity index is 2660. The monoisotopic (exact) mass is 973 g/mol. The molecule has 0 amide bonds. The van der Waals surface area contributed by atoms with Gasteiger partial charge in [-0.1, -0.05) is 26.0 Å². The number of aryl methyl sites for hydroxylation is 2. The second kappa shape index (κ2) is 23.3. The number of hydrogen-bond donors (Lipinski definition) is 1. The Morgan fingerprint density at radius 1 is 0.535 bits per heavy atom. The molecule has 0 radical (unpaired) electrons. The van der Waals surface area contributed by atoms with Gasteiger partial charge in [0.25, 0.3) is 0 Å². The fraction of sp³-hybridized carbons (Fsp3) is 0.544. The molecule has 0 atom stereocenters. The van der Waals surface area contributed by atoms with Crippen molar-refractivity contribution in [3.63, 3.8) is 0 Å². The summed E-state index contributed by atoms with van der Waals surface area (Å²) in [5.74, 6) is 5.71. The van der Waals surface area contributed by atoms with Crippen LogP contribution in [-0.2, 0) is 40.3 Å². The quantitative estimate of drug-likeness (QED) is 0.0738. The van der Waals surface area contributed by atoms with Gasteiger partial charge in [0.2, 0.25) is 0 Å². The average Bonchev–Trinajstić information content (AvgIpc) is 4.35. The van der Waals surface area contributed by atoms with E-state index in [-0.39, 0.29) is 6.61 Å². The number of aliphatic hydroxyl groups is 1. The maximum absolute atomic E-state index is 9.71. The molecule has 0 bridgehead atoms. The minimum Gasteiger partial charge on any atom is -0.496 e. The summed E-state index contributed by atoms with van der Waals surface area (Å²) in [5.41, 5.74) is 12.4. The van der Waals surface area contributed by atoms with E-state index in [9.17, 15) is 5.11 Å². The fourth-order valence-corrected chi connectivity index (χ4v) is 10.8. The summed E-state index contributed by atoms with van der Waals surface area (Å²) in [7, 11) is 8.39. The predicted molar refractivity (Wildman–Crippen MR) is 280 cm³/mol. The van der Waals surface area contributed by atoms with E-state index in [2.05, 4.69) is 69.1 Å². The fourth-order valence-electron chi connectivity index (χ4n) is 10.8. The molecule has 2 aliphatic carbocycles. The number of benzene rings is 2. The zero-order chi connectivity index (χ0) is 49.4. The maximum atomic E-state index is 9.71. The van der Waals surface area contributed by atoms with Crippen LogP contribution in [-0.4, -0.2) is 112 Å². The van der Waals surface area contributed by atoms with Crippen molar-refractivity contribution in [1.29, 1.82) is 0 Å². The van der Waals surface area contributed by atoms with Gasteiger partial charge in [0.05, 0.1) is 98.0 Å². The highest BCUT2D eigenvalue weighted by Crippen LogP contribution is 2.44. The molecule has 2 aliphatic heterocycles.